The Labute approximate surface area is 409 Å². The van der Waals surface area contributed by atoms with Gasteiger partial charge in [0.1, 0.15) is 23.6 Å². The predicted molar refractivity (Wildman–Crippen MR) is 264 cm³/mol. The highest BCUT2D eigenvalue weighted by atomic mass is 16.5. The van der Waals surface area contributed by atoms with Gasteiger partial charge in [-0.25, -0.2) is 14.8 Å². The quantitative estimate of drug-likeness (QED) is 0.135. The number of hydrogen-bond acceptors (Lipinski definition) is 13. The third-order valence-corrected chi connectivity index (χ3v) is 16.1. The van der Waals surface area contributed by atoms with E-state index in [-0.39, 0.29) is 60.6 Å². The van der Waals surface area contributed by atoms with Gasteiger partial charge in [-0.15, -0.1) is 16.6 Å². The minimum Gasteiger partial charge on any atom is -0.507 e. The molecule has 2 unspecified atom stereocenters. The molecule has 5 aliphatic heterocycles. The zero-order valence-corrected chi connectivity index (χ0v) is 40.8. The number of piperidine rings is 2. The summed E-state index contributed by atoms with van der Waals surface area (Å²) in [7, 11) is 1.53. The van der Waals surface area contributed by atoms with E-state index in [1.54, 1.807) is 35.2 Å². The fourth-order valence-electron chi connectivity index (χ4n) is 12.1. The Bertz CT molecular complexity index is 2660. The molecule has 7 heterocycles. The normalized spacial score (nSPS) is 24.6. The number of terminal acetylenes is 1. The van der Waals surface area contributed by atoms with E-state index < -0.39 is 29.5 Å². The Morgan fingerprint density at radius 3 is 2.46 bits per heavy atom. The molecule has 10 rings (SSSR count). The molecule has 0 radical (unpaired) electrons. The van der Waals surface area contributed by atoms with Crippen LogP contribution in [0, 0.1) is 23.2 Å². The van der Waals surface area contributed by atoms with E-state index >= 15 is 0 Å². The van der Waals surface area contributed by atoms with E-state index in [1.165, 1.54) is 17.6 Å². The fraction of sp³-hybridized carbons (Fsp3) is 0.528. The number of carbonyl (C=O) groups is 3. The van der Waals surface area contributed by atoms with Crippen molar-refractivity contribution in [3.8, 4) is 35.1 Å². The molecule has 1 aliphatic carbocycles. The number of nitrogens with zero attached hydrogens (tertiary/aromatic N) is 8. The van der Waals surface area contributed by atoms with Crippen molar-refractivity contribution >= 4 is 29.6 Å². The number of phenols is 1. The van der Waals surface area contributed by atoms with Gasteiger partial charge in [-0.1, -0.05) is 44.9 Å². The topological polar surface area (TPSA) is 202 Å². The number of para-hydroxylation sites is 1. The number of fused-ring (bicyclic) bond motifs is 3. The van der Waals surface area contributed by atoms with Gasteiger partial charge in [-0.2, -0.15) is 0 Å². The maximum absolute atomic E-state index is 14.2. The van der Waals surface area contributed by atoms with E-state index in [0.29, 0.717) is 47.6 Å². The van der Waals surface area contributed by atoms with Crippen LogP contribution >= 0.6 is 0 Å². The number of benzene rings is 2. The van der Waals surface area contributed by atoms with Crippen molar-refractivity contribution in [2.45, 2.75) is 121 Å². The molecule has 4 aromatic rings. The first-order valence-electron chi connectivity index (χ1n) is 24.8. The summed E-state index contributed by atoms with van der Waals surface area (Å²) in [6, 6.07) is 13.4. The second kappa shape index (κ2) is 18.7. The number of nitrogens with one attached hydrogen (secondary N) is 3. The minimum atomic E-state index is -0.906. The van der Waals surface area contributed by atoms with E-state index in [1.807, 2.05) is 45.3 Å². The first-order chi connectivity index (χ1) is 33.6. The number of rotatable bonds is 10. The molecule has 5 fully saturated rings. The number of likely N-dealkylation sites (tertiary alicyclic amines) is 3. The highest BCUT2D eigenvalue weighted by molar-refractivity contribution is 5.93. The number of aliphatic hydroxyl groups excluding tert-OH is 1. The lowest BCUT2D eigenvalue weighted by atomic mass is 9.60. The number of aromatic hydroxyl groups is 1. The average Bonchev–Trinajstić information content (AvgIpc) is 3.92. The van der Waals surface area contributed by atoms with Crippen molar-refractivity contribution in [1.29, 1.82) is 0 Å². The number of carbonyl (C=O) groups excluding carboxylic acids is 3. The van der Waals surface area contributed by atoms with Crippen LogP contribution in [0.2, 0.25) is 0 Å². The number of aliphatic hydroxyl groups is 1. The molecule has 6 aliphatic rings. The van der Waals surface area contributed by atoms with Crippen LogP contribution in [0.15, 0.2) is 60.9 Å². The largest absolute Gasteiger partial charge is 0.507 e. The number of urea groups is 1. The standard InChI is InChI=1S/C53H65N11O6/c1-7-32-12-13-34(44(20-32)70-6)25-54-48(67)42-21-37(65)28-64(42)49(68)46(52(3,4)5)58-51(69)62-29-53(30-62)23-36(24-53)61-17-14-33(15-18-61)35-26-55-50(56-27-35)63-19-16-40-45(31(63)2)39-22-41(59-60-47(39)57-40)38-10-8-9-11-43(38)66/h1,8-13,20,22,26-27,31,33,36-37,40,42,45-46,65-66H,14-19,21,23-25,28-30H2,2-6H3,(H,54,67)(H,57,60)(H,58,69)/t31-,37-,40?,42+,45?,46-/m1/s1. The number of β-amino-alcohol motifs (C(OH)–C–C–N with tert-alkyl or cyclic N) is 1. The maximum Gasteiger partial charge on any atom is 0.318 e. The number of amides is 4. The number of anilines is 2. The number of hydrogen-bond donors (Lipinski definition) is 5. The summed E-state index contributed by atoms with van der Waals surface area (Å²) >= 11 is 0. The molecule has 1 saturated carbocycles. The average molecular weight is 952 g/mol. The third kappa shape index (κ3) is 8.96. The Kier molecular flexibility index (Phi) is 12.6. The Morgan fingerprint density at radius 1 is 1.01 bits per heavy atom. The lowest BCUT2D eigenvalue weighted by molar-refractivity contribution is -0.142. The highest BCUT2D eigenvalue weighted by Crippen LogP contribution is 2.51. The zero-order chi connectivity index (χ0) is 49.1. The molecule has 70 heavy (non-hydrogen) atoms. The fourth-order valence-corrected chi connectivity index (χ4v) is 12.1. The van der Waals surface area contributed by atoms with Crippen molar-refractivity contribution in [1.82, 2.24) is 45.5 Å². The van der Waals surface area contributed by atoms with Gasteiger partial charge in [0, 0.05) is 103 Å². The van der Waals surface area contributed by atoms with Crippen LogP contribution in [0.4, 0.5) is 16.6 Å². The van der Waals surface area contributed by atoms with Crippen LogP contribution in [0.3, 0.4) is 0 Å². The summed E-state index contributed by atoms with van der Waals surface area (Å²) in [5.74, 6) is 4.65. The van der Waals surface area contributed by atoms with Gasteiger partial charge in [0.05, 0.1) is 18.9 Å². The van der Waals surface area contributed by atoms with Crippen LogP contribution in [0.1, 0.15) is 100 Å². The molecule has 368 valence electrons. The van der Waals surface area contributed by atoms with Crippen LogP contribution < -0.4 is 25.6 Å². The van der Waals surface area contributed by atoms with Crippen LogP contribution in [0.5, 0.6) is 11.5 Å². The molecular weight excluding hydrogens is 887 g/mol. The van der Waals surface area contributed by atoms with Crippen molar-refractivity contribution in [2.75, 3.05) is 56.6 Å². The molecule has 2 aromatic carbocycles. The summed E-state index contributed by atoms with van der Waals surface area (Å²) in [6.45, 7) is 12.2. The molecule has 5 N–H and O–H groups in total. The maximum atomic E-state index is 14.2. The Morgan fingerprint density at radius 2 is 1.76 bits per heavy atom. The van der Waals surface area contributed by atoms with Gasteiger partial charge in [-0.05, 0) is 99.3 Å². The van der Waals surface area contributed by atoms with Crippen molar-refractivity contribution < 1.29 is 29.3 Å². The minimum absolute atomic E-state index is 0.000813. The second-order valence-corrected chi connectivity index (χ2v) is 21.6. The number of phenolic OH excluding ortho intramolecular Hbond substituents is 1. The van der Waals surface area contributed by atoms with E-state index in [9.17, 15) is 24.6 Å². The first-order valence-corrected chi connectivity index (χ1v) is 24.8. The number of aromatic nitrogens is 4. The zero-order valence-electron chi connectivity index (χ0n) is 40.8. The third-order valence-electron chi connectivity index (χ3n) is 16.1. The molecule has 4 saturated heterocycles. The van der Waals surface area contributed by atoms with Crippen molar-refractivity contribution in [2.24, 2.45) is 10.8 Å². The number of methoxy groups -OCH3 is 1. The lowest BCUT2D eigenvalue weighted by Crippen LogP contribution is -2.70. The Hall–Kier alpha value is -6.51. The monoisotopic (exact) mass is 952 g/mol. The molecule has 17 nitrogen and oxygen atoms in total. The van der Waals surface area contributed by atoms with Gasteiger partial charge in [0.25, 0.3) is 0 Å². The first kappa shape index (κ1) is 47.2. The second-order valence-electron chi connectivity index (χ2n) is 21.6. The molecule has 2 aromatic heterocycles. The summed E-state index contributed by atoms with van der Waals surface area (Å²) in [5, 5.41) is 39.7. The van der Waals surface area contributed by atoms with Crippen molar-refractivity contribution in [3.05, 3.63) is 83.2 Å². The van der Waals surface area contributed by atoms with E-state index in [2.05, 4.69) is 54.9 Å². The molecule has 4 amide bonds. The molecule has 17 heteroatoms. The van der Waals surface area contributed by atoms with Gasteiger partial charge < -0.3 is 50.5 Å². The van der Waals surface area contributed by atoms with Crippen LogP contribution in [0.25, 0.3) is 11.3 Å². The summed E-state index contributed by atoms with van der Waals surface area (Å²) in [6.07, 6.45) is 13.9. The predicted octanol–water partition coefficient (Wildman–Crippen LogP) is 4.85. The van der Waals surface area contributed by atoms with Crippen molar-refractivity contribution in [3.63, 3.8) is 0 Å². The van der Waals surface area contributed by atoms with Crippen LogP contribution in [-0.2, 0) is 16.1 Å². The summed E-state index contributed by atoms with van der Waals surface area (Å²) in [5.41, 5.74) is 4.44. The van der Waals surface area contributed by atoms with Gasteiger partial charge in [-0.3, -0.25) is 9.59 Å². The highest BCUT2D eigenvalue weighted by Gasteiger charge is 2.56. The van der Waals surface area contributed by atoms with Crippen LogP contribution in [-0.4, -0.2) is 146 Å². The molecule has 6 atom stereocenters. The SMILES string of the molecule is C#Cc1ccc(CNC(=O)[C@@H]2C[C@@H](O)CN2C(=O)[C@@H](NC(=O)N2CC3(CC(N4CCC(c5cnc(N6CCC7Nc8nnc(-c9ccccc9O)cc8C7[C@H]6C)nc5)CC4)C3)C2)C(C)(C)C)c(OC)c1. The molecule has 1 spiro atoms. The van der Waals surface area contributed by atoms with Gasteiger partial charge >= 0.3 is 6.03 Å². The molecular formula is C53H65N11O6. The Balaban J connectivity index is 0.688. The van der Waals surface area contributed by atoms with E-state index in [0.717, 1.165) is 74.6 Å². The lowest BCUT2D eigenvalue weighted by Gasteiger charge is -2.61. The summed E-state index contributed by atoms with van der Waals surface area (Å²) < 4.78 is 5.47. The number of ether oxygens (including phenoxy) is 1. The summed E-state index contributed by atoms with van der Waals surface area (Å²) in [4.78, 5) is 59.6. The van der Waals surface area contributed by atoms with Gasteiger partial charge in [0.15, 0.2) is 5.82 Å². The van der Waals surface area contributed by atoms with E-state index in [4.69, 9.17) is 21.1 Å². The smallest absolute Gasteiger partial charge is 0.318 e. The van der Waals surface area contributed by atoms with Gasteiger partial charge in [0.2, 0.25) is 17.8 Å². The molecule has 0 bridgehead atoms.